The molecule has 0 radical (unpaired) electrons. The van der Waals surface area contributed by atoms with Gasteiger partial charge in [-0.3, -0.25) is 14.9 Å². The molecule has 1 N–H and O–H groups in total. The number of piperazine rings is 1. The third-order valence-corrected chi connectivity index (χ3v) is 5.71. The van der Waals surface area contributed by atoms with Crippen LogP contribution in [0.3, 0.4) is 0 Å². The van der Waals surface area contributed by atoms with Gasteiger partial charge in [-0.1, -0.05) is 30.3 Å². The average molecular weight is 422 g/mol. The molecule has 0 spiro atoms. The first-order valence-electron chi connectivity index (χ1n) is 10.3. The molecule has 0 unspecified atom stereocenters. The molecule has 2 heterocycles. The molecule has 4 rings (SSSR count). The van der Waals surface area contributed by atoms with Crippen LogP contribution in [0, 0.1) is 5.92 Å². The first-order chi connectivity index (χ1) is 15.1. The minimum atomic E-state index is -1.00. The van der Waals surface area contributed by atoms with Crippen LogP contribution in [0.5, 0.6) is 5.75 Å². The lowest BCUT2D eigenvalue weighted by Crippen LogP contribution is -2.57. The SMILES string of the molecule is COC(=O)[C@H]1C(=O)NC(N2CCN(c3ccc(OC)cc3)CC2)=N[C@H]1c1ccccc1. The highest BCUT2D eigenvalue weighted by atomic mass is 16.5. The van der Waals surface area contributed by atoms with Crippen LogP contribution in [0.4, 0.5) is 5.69 Å². The highest BCUT2D eigenvalue weighted by Crippen LogP contribution is 2.31. The summed E-state index contributed by atoms with van der Waals surface area (Å²) in [4.78, 5) is 34.3. The molecule has 1 saturated heterocycles. The van der Waals surface area contributed by atoms with Crippen LogP contribution in [-0.2, 0) is 14.3 Å². The number of anilines is 1. The molecular formula is C23H26N4O4. The molecule has 2 aromatic carbocycles. The predicted molar refractivity (Wildman–Crippen MR) is 117 cm³/mol. The highest BCUT2D eigenvalue weighted by Gasteiger charge is 2.41. The number of methoxy groups -OCH3 is 2. The molecule has 162 valence electrons. The molecule has 0 saturated carbocycles. The molecule has 31 heavy (non-hydrogen) atoms. The number of guanidine groups is 1. The van der Waals surface area contributed by atoms with Gasteiger partial charge in [-0.2, -0.15) is 0 Å². The van der Waals surface area contributed by atoms with E-state index < -0.39 is 17.9 Å². The second-order valence-corrected chi connectivity index (χ2v) is 7.47. The molecule has 2 aromatic rings. The van der Waals surface area contributed by atoms with Gasteiger partial charge in [0.2, 0.25) is 11.9 Å². The van der Waals surface area contributed by atoms with Crippen molar-refractivity contribution in [2.24, 2.45) is 10.9 Å². The summed E-state index contributed by atoms with van der Waals surface area (Å²) in [6.07, 6.45) is 0. The lowest BCUT2D eigenvalue weighted by atomic mass is 9.91. The van der Waals surface area contributed by atoms with Crippen LogP contribution in [0.1, 0.15) is 11.6 Å². The quantitative estimate of drug-likeness (QED) is 0.598. The Morgan fingerprint density at radius 3 is 2.23 bits per heavy atom. The number of benzene rings is 2. The summed E-state index contributed by atoms with van der Waals surface area (Å²) in [5.74, 6) is -0.638. The largest absolute Gasteiger partial charge is 0.497 e. The van der Waals surface area contributed by atoms with Crippen molar-refractivity contribution >= 4 is 23.5 Å². The number of nitrogens with one attached hydrogen (secondary N) is 1. The van der Waals surface area contributed by atoms with Gasteiger partial charge in [-0.25, -0.2) is 4.99 Å². The Morgan fingerprint density at radius 2 is 1.61 bits per heavy atom. The number of aliphatic imine (C=N–C) groups is 1. The van der Waals surface area contributed by atoms with Crippen LogP contribution in [-0.4, -0.2) is 63.1 Å². The Bertz CT molecular complexity index is 953. The highest BCUT2D eigenvalue weighted by molar-refractivity contribution is 6.08. The van der Waals surface area contributed by atoms with Crippen LogP contribution in [0.2, 0.25) is 0 Å². The maximum absolute atomic E-state index is 12.8. The summed E-state index contributed by atoms with van der Waals surface area (Å²) < 4.78 is 10.1. The Labute approximate surface area is 181 Å². The van der Waals surface area contributed by atoms with Gasteiger partial charge in [0.15, 0.2) is 5.92 Å². The van der Waals surface area contributed by atoms with E-state index in [4.69, 9.17) is 14.5 Å². The van der Waals surface area contributed by atoms with E-state index >= 15 is 0 Å². The van der Waals surface area contributed by atoms with Gasteiger partial charge in [-0.15, -0.1) is 0 Å². The second kappa shape index (κ2) is 9.07. The van der Waals surface area contributed by atoms with E-state index in [0.29, 0.717) is 19.0 Å². The number of hydrogen-bond acceptors (Lipinski definition) is 7. The fourth-order valence-corrected chi connectivity index (χ4v) is 3.98. The molecule has 0 bridgehead atoms. The smallest absolute Gasteiger partial charge is 0.320 e. The van der Waals surface area contributed by atoms with Crippen molar-refractivity contribution in [3.8, 4) is 5.75 Å². The molecule has 2 atom stereocenters. The monoisotopic (exact) mass is 422 g/mol. The number of rotatable bonds is 4. The van der Waals surface area contributed by atoms with Crippen molar-refractivity contribution in [3.63, 3.8) is 0 Å². The standard InChI is InChI=1S/C23H26N4O4/c1-30-18-10-8-17(9-11-18)26-12-14-27(15-13-26)23-24-20(16-6-4-3-5-7-16)19(21(28)25-23)22(29)31-2/h3-11,19-20H,12-15H2,1-2H3,(H,24,25,28)/t19-,20+/m1/s1. The van der Waals surface area contributed by atoms with Crippen molar-refractivity contribution in [1.82, 2.24) is 10.2 Å². The summed E-state index contributed by atoms with van der Waals surface area (Å²) >= 11 is 0. The molecule has 1 fully saturated rings. The number of hydrogen-bond donors (Lipinski definition) is 1. The summed E-state index contributed by atoms with van der Waals surface area (Å²) in [5.41, 5.74) is 1.94. The van der Waals surface area contributed by atoms with Gasteiger partial charge < -0.3 is 19.3 Å². The Morgan fingerprint density at radius 1 is 0.968 bits per heavy atom. The number of ether oxygens (including phenoxy) is 2. The Kier molecular flexibility index (Phi) is 6.06. The number of amides is 1. The minimum Gasteiger partial charge on any atom is -0.497 e. The molecule has 0 aromatic heterocycles. The third-order valence-electron chi connectivity index (χ3n) is 5.71. The molecule has 8 nitrogen and oxygen atoms in total. The van der Waals surface area contributed by atoms with Gasteiger partial charge in [0.05, 0.1) is 14.2 Å². The Hall–Kier alpha value is -3.55. The molecule has 2 aliphatic rings. The second-order valence-electron chi connectivity index (χ2n) is 7.47. The fraction of sp³-hybridized carbons (Fsp3) is 0.348. The molecular weight excluding hydrogens is 396 g/mol. The van der Waals surface area contributed by atoms with E-state index in [9.17, 15) is 9.59 Å². The number of nitrogens with zero attached hydrogens (tertiary/aromatic N) is 3. The lowest BCUT2D eigenvalue weighted by Gasteiger charge is -2.39. The van der Waals surface area contributed by atoms with Gasteiger partial charge in [0, 0.05) is 31.9 Å². The summed E-state index contributed by atoms with van der Waals surface area (Å²) in [6.45, 7) is 2.99. The molecule has 1 amide bonds. The minimum absolute atomic E-state index is 0.386. The number of carbonyl (C=O) groups is 2. The molecule has 0 aliphatic carbocycles. The van der Waals surface area contributed by atoms with Gasteiger partial charge in [-0.05, 0) is 29.8 Å². The zero-order chi connectivity index (χ0) is 21.8. The van der Waals surface area contributed by atoms with Crippen LogP contribution in [0.15, 0.2) is 59.6 Å². The van der Waals surface area contributed by atoms with Crippen LogP contribution < -0.4 is 15.0 Å². The first-order valence-corrected chi connectivity index (χ1v) is 10.3. The number of carbonyl (C=O) groups excluding carboxylic acids is 2. The average Bonchev–Trinajstić information content (AvgIpc) is 2.84. The van der Waals surface area contributed by atoms with E-state index in [0.717, 1.165) is 30.1 Å². The maximum Gasteiger partial charge on any atom is 0.320 e. The van der Waals surface area contributed by atoms with E-state index in [1.54, 1.807) is 7.11 Å². The van der Waals surface area contributed by atoms with E-state index in [1.807, 2.05) is 54.6 Å². The van der Waals surface area contributed by atoms with Crippen molar-refractivity contribution in [3.05, 3.63) is 60.2 Å². The van der Waals surface area contributed by atoms with E-state index in [1.165, 1.54) is 7.11 Å². The van der Waals surface area contributed by atoms with Crippen molar-refractivity contribution < 1.29 is 19.1 Å². The van der Waals surface area contributed by atoms with E-state index in [-0.39, 0.29) is 5.91 Å². The third kappa shape index (κ3) is 4.33. The zero-order valence-electron chi connectivity index (χ0n) is 17.7. The summed E-state index contributed by atoms with van der Waals surface area (Å²) in [7, 11) is 2.94. The van der Waals surface area contributed by atoms with Crippen molar-refractivity contribution in [1.29, 1.82) is 0 Å². The molecule has 8 heteroatoms. The summed E-state index contributed by atoms with van der Waals surface area (Å²) in [6, 6.07) is 16.8. The molecule has 2 aliphatic heterocycles. The van der Waals surface area contributed by atoms with Gasteiger partial charge in [0.1, 0.15) is 11.8 Å². The van der Waals surface area contributed by atoms with E-state index in [2.05, 4.69) is 15.1 Å². The van der Waals surface area contributed by atoms with Crippen molar-refractivity contribution in [2.75, 3.05) is 45.3 Å². The van der Waals surface area contributed by atoms with Gasteiger partial charge in [0.25, 0.3) is 0 Å². The fourth-order valence-electron chi connectivity index (χ4n) is 3.98. The number of esters is 1. The first kappa shape index (κ1) is 20.7. The lowest BCUT2D eigenvalue weighted by molar-refractivity contribution is -0.151. The maximum atomic E-state index is 12.8. The van der Waals surface area contributed by atoms with Crippen molar-refractivity contribution in [2.45, 2.75) is 6.04 Å². The normalized spacial score (nSPS) is 21.2. The van der Waals surface area contributed by atoms with Gasteiger partial charge >= 0.3 is 5.97 Å². The summed E-state index contributed by atoms with van der Waals surface area (Å²) in [5, 5.41) is 2.82. The predicted octanol–water partition coefficient (Wildman–Crippen LogP) is 1.83. The van der Waals surface area contributed by atoms with Crippen LogP contribution >= 0.6 is 0 Å². The topological polar surface area (TPSA) is 83.5 Å². The zero-order valence-corrected chi connectivity index (χ0v) is 17.7. The van der Waals surface area contributed by atoms with Crippen LogP contribution in [0.25, 0.3) is 0 Å². The Balaban J connectivity index is 1.51.